The average Bonchev–Trinajstić information content (AvgIpc) is 2.55. The molecule has 0 spiro atoms. The van der Waals surface area contributed by atoms with E-state index in [-0.39, 0.29) is 23.9 Å². The van der Waals surface area contributed by atoms with Gasteiger partial charge in [0.1, 0.15) is 0 Å². The largest absolute Gasteiger partial charge is 0.368 e. The number of rotatable bonds is 2. The molecule has 0 aromatic heterocycles. The van der Waals surface area contributed by atoms with Gasteiger partial charge in [0.2, 0.25) is 5.91 Å². The van der Waals surface area contributed by atoms with Gasteiger partial charge in [0.25, 0.3) is 0 Å². The lowest BCUT2D eigenvalue weighted by Gasteiger charge is -2.42. The number of piperazine rings is 1. The van der Waals surface area contributed by atoms with Crippen LogP contribution in [0, 0.1) is 0 Å². The van der Waals surface area contributed by atoms with Gasteiger partial charge >= 0.3 is 0 Å². The van der Waals surface area contributed by atoms with Crippen LogP contribution < -0.4 is 10.2 Å². The van der Waals surface area contributed by atoms with E-state index in [4.69, 9.17) is 11.6 Å². The lowest BCUT2D eigenvalue weighted by molar-refractivity contribution is -0.139. The summed E-state index contributed by atoms with van der Waals surface area (Å²) in [5, 5.41) is 4.18. The molecule has 1 amide bonds. The van der Waals surface area contributed by atoms with Gasteiger partial charge in [-0.05, 0) is 50.9 Å². The van der Waals surface area contributed by atoms with Gasteiger partial charge in [-0.3, -0.25) is 4.79 Å². The van der Waals surface area contributed by atoms with Gasteiger partial charge in [0.05, 0.1) is 5.54 Å². The Kier molecular flexibility index (Phi) is 6.18. The number of hydrogen-bond acceptors (Lipinski definition) is 3. The molecule has 0 bridgehead atoms. The standard InChI is InChI=1S/C17H24ClN3O.ClH/c1-17(7-2-3-8-19-17)16(22)21-11-9-20(10-12-21)15-6-4-5-14(18)13-15;/h4-6,13,19H,2-3,7-12H2,1H3;1H. The van der Waals surface area contributed by atoms with E-state index in [1.54, 1.807) is 0 Å². The zero-order valence-electron chi connectivity index (χ0n) is 13.6. The van der Waals surface area contributed by atoms with E-state index in [0.29, 0.717) is 0 Å². The maximum atomic E-state index is 12.8. The number of nitrogens with zero attached hydrogens (tertiary/aromatic N) is 2. The Morgan fingerprint density at radius 2 is 1.96 bits per heavy atom. The monoisotopic (exact) mass is 357 g/mol. The van der Waals surface area contributed by atoms with Crippen molar-refractivity contribution in [3.63, 3.8) is 0 Å². The van der Waals surface area contributed by atoms with E-state index in [2.05, 4.69) is 23.2 Å². The van der Waals surface area contributed by atoms with Crippen molar-refractivity contribution >= 4 is 35.6 Å². The van der Waals surface area contributed by atoms with Crippen molar-refractivity contribution in [3.8, 4) is 0 Å². The van der Waals surface area contributed by atoms with Gasteiger partial charge in [0.15, 0.2) is 0 Å². The van der Waals surface area contributed by atoms with Crippen LogP contribution in [0.5, 0.6) is 0 Å². The van der Waals surface area contributed by atoms with E-state index in [0.717, 1.165) is 56.3 Å². The number of anilines is 1. The highest BCUT2D eigenvalue weighted by Crippen LogP contribution is 2.24. The summed E-state index contributed by atoms with van der Waals surface area (Å²) < 4.78 is 0. The summed E-state index contributed by atoms with van der Waals surface area (Å²) >= 11 is 6.06. The molecule has 1 unspecified atom stereocenters. The molecule has 2 heterocycles. The molecule has 6 heteroatoms. The molecular formula is C17H25Cl2N3O. The third kappa shape index (κ3) is 4.11. The lowest BCUT2D eigenvalue weighted by Crippen LogP contribution is -2.61. The van der Waals surface area contributed by atoms with E-state index in [1.165, 1.54) is 6.42 Å². The molecule has 3 rings (SSSR count). The zero-order valence-corrected chi connectivity index (χ0v) is 15.1. The molecule has 0 aliphatic carbocycles. The minimum atomic E-state index is -0.365. The van der Waals surface area contributed by atoms with Gasteiger partial charge in [-0.1, -0.05) is 17.7 Å². The average molecular weight is 358 g/mol. The van der Waals surface area contributed by atoms with Crippen LogP contribution in [0.15, 0.2) is 24.3 Å². The third-order valence-electron chi connectivity index (χ3n) is 4.83. The number of piperidine rings is 1. The Hall–Kier alpha value is -0.970. The first kappa shape index (κ1) is 18.4. The fraction of sp³-hybridized carbons (Fsp3) is 0.588. The highest BCUT2D eigenvalue weighted by Gasteiger charge is 2.38. The van der Waals surface area contributed by atoms with Gasteiger partial charge in [0, 0.05) is 36.9 Å². The fourth-order valence-corrected chi connectivity index (χ4v) is 3.61. The smallest absolute Gasteiger partial charge is 0.242 e. The minimum Gasteiger partial charge on any atom is -0.368 e. The Balaban J connectivity index is 0.00000192. The van der Waals surface area contributed by atoms with Crippen molar-refractivity contribution < 1.29 is 4.79 Å². The number of carbonyl (C=O) groups is 1. The molecule has 23 heavy (non-hydrogen) atoms. The summed E-state index contributed by atoms with van der Waals surface area (Å²) in [4.78, 5) is 17.1. The van der Waals surface area contributed by atoms with Gasteiger partial charge in [-0.15, -0.1) is 12.4 Å². The SMILES string of the molecule is CC1(C(=O)N2CCN(c3cccc(Cl)c3)CC2)CCCCN1.Cl. The van der Waals surface area contributed by atoms with E-state index < -0.39 is 0 Å². The number of benzene rings is 1. The lowest BCUT2D eigenvalue weighted by atomic mass is 9.89. The number of amides is 1. The normalized spacial score (nSPS) is 25.0. The Bertz CT molecular complexity index is 538. The van der Waals surface area contributed by atoms with E-state index in [1.807, 2.05) is 23.1 Å². The molecule has 2 aliphatic heterocycles. The van der Waals surface area contributed by atoms with Crippen LogP contribution in [0.25, 0.3) is 0 Å². The first-order chi connectivity index (χ1) is 10.6. The molecular weight excluding hydrogens is 333 g/mol. The fourth-order valence-electron chi connectivity index (χ4n) is 3.43. The Labute approximate surface area is 149 Å². The van der Waals surface area contributed by atoms with Crippen LogP contribution in [-0.2, 0) is 4.79 Å². The molecule has 2 aliphatic rings. The summed E-state index contributed by atoms with van der Waals surface area (Å²) in [7, 11) is 0. The zero-order chi connectivity index (χ0) is 15.6. The van der Waals surface area contributed by atoms with Crippen molar-refractivity contribution in [3.05, 3.63) is 29.3 Å². The van der Waals surface area contributed by atoms with Crippen molar-refractivity contribution in [2.75, 3.05) is 37.6 Å². The van der Waals surface area contributed by atoms with Crippen LogP contribution in [0.1, 0.15) is 26.2 Å². The second kappa shape index (κ2) is 7.73. The predicted molar refractivity (Wildman–Crippen MR) is 97.8 cm³/mol. The third-order valence-corrected chi connectivity index (χ3v) is 5.07. The number of halogens is 2. The van der Waals surface area contributed by atoms with Crippen molar-refractivity contribution in [1.82, 2.24) is 10.2 Å². The first-order valence-electron chi connectivity index (χ1n) is 8.13. The number of nitrogens with one attached hydrogen (secondary N) is 1. The predicted octanol–water partition coefficient (Wildman–Crippen LogP) is 2.94. The first-order valence-corrected chi connectivity index (χ1v) is 8.51. The molecule has 4 nitrogen and oxygen atoms in total. The van der Waals surface area contributed by atoms with E-state index in [9.17, 15) is 4.79 Å². The van der Waals surface area contributed by atoms with Crippen molar-refractivity contribution in [2.45, 2.75) is 31.7 Å². The van der Waals surface area contributed by atoms with Crippen LogP contribution in [0.3, 0.4) is 0 Å². The summed E-state index contributed by atoms with van der Waals surface area (Å²) in [6.45, 7) is 6.29. The van der Waals surface area contributed by atoms with Gasteiger partial charge < -0.3 is 15.1 Å². The Morgan fingerprint density at radius 3 is 2.57 bits per heavy atom. The summed E-state index contributed by atoms with van der Waals surface area (Å²) in [6.07, 6.45) is 3.25. The Morgan fingerprint density at radius 1 is 1.22 bits per heavy atom. The maximum Gasteiger partial charge on any atom is 0.242 e. The molecule has 1 aromatic rings. The topological polar surface area (TPSA) is 35.6 Å². The molecule has 2 fully saturated rings. The maximum absolute atomic E-state index is 12.8. The van der Waals surface area contributed by atoms with Crippen molar-refractivity contribution in [2.24, 2.45) is 0 Å². The van der Waals surface area contributed by atoms with Crippen LogP contribution >= 0.6 is 24.0 Å². The number of hydrogen-bond donors (Lipinski definition) is 1. The second-order valence-electron chi connectivity index (χ2n) is 6.48. The quantitative estimate of drug-likeness (QED) is 0.883. The molecule has 1 aromatic carbocycles. The second-order valence-corrected chi connectivity index (χ2v) is 6.91. The number of carbonyl (C=O) groups excluding carboxylic acids is 1. The highest BCUT2D eigenvalue weighted by atomic mass is 35.5. The highest BCUT2D eigenvalue weighted by molar-refractivity contribution is 6.30. The molecule has 0 saturated carbocycles. The summed E-state index contributed by atoms with van der Waals surface area (Å²) in [5.41, 5.74) is 0.776. The van der Waals surface area contributed by atoms with Crippen LogP contribution in [0.2, 0.25) is 5.02 Å². The van der Waals surface area contributed by atoms with Gasteiger partial charge in [-0.2, -0.15) is 0 Å². The molecule has 2 saturated heterocycles. The van der Waals surface area contributed by atoms with Gasteiger partial charge in [-0.25, -0.2) is 0 Å². The summed E-state index contributed by atoms with van der Waals surface area (Å²) in [6, 6.07) is 7.93. The summed E-state index contributed by atoms with van der Waals surface area (Å²) in [5.74, 6) is 0.262. The van der Waals surface area contributed by atoms with Crippen LogP contribution in [-0.4, -0.2) is 49.1 Å². The molecule has 1 atom stereocenters. The van der Waals surface area contributed by atoms with Crippen LogP contribution in [0.4, 0.5) is 5.69 Å². The van der Waals surface area contributed by atoms with E-state index >= 15 is 0 Å². The molecule has 0 radical (unpaired) electrons. The van der Waals surface area contributed by atoms with Crippen molar-refractivity contribution in [1.29, 1.82) is 0 Å². The molecule has 1 N–H and O–H groups in total. The molecule has 128 valence electrons. The minimum absolute atomic E-state index is 0.